The quantitative estimate of drug-likeness (QED) is 0.548. The van der Waals surface area contributed by atoms with Gasteiger partial charge >= 0.3 is 0 Å². The molecule has 3 N–H and O–H groups in total. The smallest absolute Gasteiger partial charge is 0.0253 e. The fourth-order valence-corrected chi connectivity index (χ4v) is 2.21. The Morgan fingerprint density at radius 3 is 2.50 bits per heavy atom. The van der Waals surface area contributed by atoms with Crippen LogP contribution in [0.2, 0.25) is 0 Å². The van der Waals surface area contributed by atoms with Gasteiger partial charge in [-0.1, -0.05) is 57.0 Å². The maximum atomic E-state index is 5.62. The van der Waals surface area contributed by atoms with Crippen LogP contribution in [-0.4, -0.2) is 6.04 Å². The molecule has 0 radical (unpaired) electrons. The molecule has 1 rings (SSSR count). The Morgan fingerprint density at radius 2 is 1.94 bits per heavy atom. The molecule has 90 valence electrons. The predicted octanol–water partition coefficient (Wildman–Crippen LogP) is 2.89. The lowest BCUT2D eigenvalue weighted by Gasteiger charge is -2.20. The van der Waals surface area contributed by atoms with Crippen LogP contribution in [0.25, 0.3) is 0 Å². The molecule has 0 aliphatic carbocycles. The summed E-state index contributed by atoms with van der Waals surface area (Å²) in [7, 11) is 0. The number of nitrogens with two attached hydrogens (primary N) is 1. The van der Waals surface area contributed by atoms with Gasteiger partial charge in [-0.2, -0.15) is 0 Å². The summed E-state index contributed by atoms with van der Waals surface area (Å²) in [6, 6.07) is 10.9. The van der Waals surface area contributed by atoms with E-state index in [1.807, 2.05) is 6.07 Å². The van der Waals surface area contributed by atoms with E-state index in [1.54, 1.807) is 0 Å². The number of benzene rings is 1. The summed E-state index contributed by atoms with van der Waals surface area (Å²) in [5, 5.41) is 0. The molecule has 0 aliphatic heterocycles. The van der Waals surface area contributed by atoms with E-state index in [4.69, 9.17) is 5.84 Å². The van der Waals surface area contributed by atoms with Gasteiger partial charge in [0.1, 0.15) is 0 Å². The highest BCUT2D eigenvalue weighted by Gasteiger charge is 2.11. The van der Waals surface area contributed by atoms with Crippen molar-refractivity contribution in [3.8, 4) is 0 Å². The summed E-state index contributed by atoms with van der Waals surface area (Å²) >= 11 is 0. The van der Waals surface area contributed by atoms with Crippen molar-refractivity contribution in [2.45, 2.75) is 45.6 Å². The molecule has 1 aromatic carbocycles. The van der Waals surface area contributed by atoms with E-state index in [2.05, 4.69) is 43.5 Å². The van der Waals surface area contributed by atoms with Crippen LogP contribution in [0, 0.1) is 5.92 Å². The normalized spacial score (nSPS) is 14.7. The number of hydrazine groups is 1. The Kier molecular flexibility index (Phi) is 6.12. The number of rotatable bonds is 7. The summed E-state index contributed by atoms with van der Waals surface area (Å²) in [5.74, 6) is 6.36. The van der Waals surface area contributed by atoms with Crippen LogP contribution >= 0.6 is 0 Å². The van der Waals surface area contributed by atoms with E-state index in [-0.39, 0.29) is 0 Å². The van der Waals surface area contributed by atoms with Gasteiger partial charge in [0.25, 0.3) is 0 Å². The van der Waals surface area contributed by atoms with Crippen molar-refractivity contribution < 1.29 is 0 Å². The van der Waals surface area contributed by atoms with Gasteiger partial charge in [0, 0.05) is 6.04 Å². The van der Waals surface area contributed by atoms with Gasteiger partial charge in [0.15, 0.2) is 0 Å². The summed E-state index contributed by atoms with van der Waals surface area (Å²) in [4.78, 5) is 0. The third kappa shape index (κ3) is 4.77. The number of nitrogens with one attached hydrogen (secondary N) is 1. The average Bonchev–Trinajstić information content (AvgIpc) is 2.30. The SMILES string of the molecule is CCCC(C)CC(Cc1ccccc1)NN. The molecular formula is C14H24N2. The summed E-state index contributed by atoms with van der Waals surface area (Å²) in [5.41, 5.74) is 4.30. The molecule has 0 fully saturated rings. The molecule has 0 amide bonds. The van der Waals surface area contributed by atoms with Gasteiger partial charge in [-0.05, 0) is 24.3 Å². The second-order valence-electron chi connectivity index (χ2n) is 4.68. The Morgan fingerprint density at radius 1 is 1.25 bits per heavy atom. The second-order valence-corrected chi connectivity index (χ2v) is 4.68. The summed E-state index contributed by atoms with van der Waals surface area (Å²) in [6.07, 6.45) is 4.71. The van der Waals surface area contributed by atoms with Crippen LogP contribution in [0.5, 0.6) is 0 Å². The first-order chi connectivity index (χ1) is 7.76. The van der Waals surface area contributed by atoms with Crippen LogP contribution in [0.1, 0.15) is 38.7 Å². The molecule has 16 heavy (non-hydrogen) atoms. The average molecular weight is 220 g/mol. The Hall–Kier alpha value is -0.860. The minimum Gasteiger partial charge on any atom is -0.271 e. The lowest BCUT2D eigenvalue weighted by molar-refractivity contribution is 0.385. The van der Waals surface area contributed by atoms with Crippen LogP contribution in [0.4, 0.5) is 0 Å². The fourth-order valence-electron chi connectivity index (χ4n) is 2.21. The van der Waals surface area contributed by atoms with Gasteiger partial charge in [0.05, 0.1) is 0 Å². The van der Waals surface area contributed by atoms with Crippen molar-refractivity contribution in [2.75, 3.05) is 0 Å². The topological polar surface area (TPSA) is 38.0 Å². The molecule has 0 heterocycles. The number of hydrogen-bond donors (Lipinski definition) is 2. The van der Waals surface area contributed by atoms with Crippen molar-refractivity contribution >= 4 is 0 Å². The fraction of sp³-hybridized carbons (Fsp3) is 0.571. The van der Waals surface area contributed by atoms with Gasteiger partial charge in [-0.3, -0.25) is 11.3 Å². The molecule has 1 aromatic rings. The molecule has 2 unspecified atom stereocenters. The largest absolute Gasteiger partial charge is 0.271 e. The maximum absolute atomic E-state index is 5.62. The first-order valence-corrected chi connectivity index (χ1v) is 6.26. The van der Waals surface area contributed by atoms with Crippen molar-refractivity contribution in [2.24, 2.45) is 11.8 Å². The van der Waals surface area contributed by atoms with E-state index in [1.165, 1.54) is 18.4 Å². The summed E-state index contributed by atoms with van der Waals surface area (Å²) in [6.45, 7) is 4.54. The highest BCUT2D eigenvalue weighted by Crippen LogP contribution is 2.15. The monoisotopic (exact) mass is 220 g/mol. The van der Waals surface area contributed by atoms with E-state index in [0.717, 1.165) is 18.8 Å². The number of hydrogen-bond acceptors (Lipinski definition) is 2. The predicted molar refractivity (Wildman–Crippen MR) is 69.9 cm³/mol. The van der Waals surface area contributed by atoms with Crippen LogP contribution < -0.4 is 11.3 Å². The maximum Gasteiger partial charge on any atom is 0.0253 e. The van der Waals surface area contributed by atoms with E-state index in [9.17, 15) is 0 Å². The van der Waals surface area contributed by atoms with Gasteiger partial charge < -0.3 is 0 Å². The zero-order valence-electron chi connectivity index (χ0n) is 10.4. The molecule has 0 saturated carbocycles. The Balaban J connectivity index is 2.43. The highest BCUT2D eigenvalue weighted by atomic mass is 15.2. The molecular weight excluding hydrogens is 196 g/mol. The van der Waals surface area contributed by atoms with Crippen molar-refractivity contribution in [1.82, 2.24) is 5.43 Å². The van der Waals surface area contributed by atoms with E-state index < -0.39 is 0 Å². The Labute approximate surface area is 99.2 Å². The Bertz CT molecular complexity index is 271. The molecule has 0 aliphatic rings. The zero-order valence-corrected chi connectivity index (χ0v) is 10.4. The van der Waals surface area contributed by atoms with Crippen molar-refractivity contribution in [3.05, 3.63) is 35.9 Å². The molecule has 2 heteroatoms. The van der Waals surface area contributed by atoms with Crippen molar-refractivity contribution in [1.29, 1.82) is 0 Å². The molecule has 0 bridgehead atoms. The van der Waals surface area contributed by atoms with Gasteiger partial charge in [-0.15, -0.1) is 0 Å². The molecule has 0 spiro atoms. The third-order valence-corrected chi connectivity index (χ3v) is 3.03. The van der Waals surface area contributed by atoms with E-state index in [0.29, 0.717) is 6.04 Å². The van der Waals surface area contributed by atoms with Crippen LogP contribution in [0.15, 0.2) is 30.3 Å². The third-order valence-electron chi connectivity index (χ3n) is 3.03. The lowest BCUT2D eigenvalue weighted by Crippen LogP contribution is -2.38. The van der Waals surface area contributed by atoms with E-state index >= 15 is 0 Å². The zero-order chi connectivity index (χ0) is 11.8. The van der Waals surface area contributed by atoms with Crippen molar-refractivity contribution in [3.63, 3.8) is 0 Å². The van der Waals surface area contributed by atoms with Crippen LogP contribution in [0.3, 0.4) is 0 Å². The summed E-state index contributed by atoms with van der Waals surface area (Å²) < 4.78 is 0. The lowest BCUT2D eigenvalue weighted by atomic mass is 9.94. The van der Waals surface area contributed by atoms with Gasteiger partial charge in [0.2, 0.25) is 0 Å². The molecule has 0 saturated heterocycles. The first-order valence-electron chi connectivity index (χ1n) is 6.26. The highest BCUT2D eigenvalue weighted by molar-refractivity contribution is 5.15. The van der Waals surface area contributed by atoms with Crippen LogP contribution in [-0.2, 0) is 6.42 Å². The second kappa shape index (κ2) is 7.42. The van der Waals surface area contributed by atoms with Gasteiger partial charge in [-0.25, -0.2) is 0 Å². The minimum atomic E-state index is 0.393. The molecule has 2 atom stereocenters. The minimum absolute atomic E-state index is 0.393. The standard InChI is InChI=1S/C14H24N2/c1-3-7-12(2)10-14(16-15)11-13-8-5-4-6-9-13/h4-6,8-9,12,14,16H,3,7,10-11,15H2,1-2H3. The first kappa shape index (κ1) is 13.2. The molecule has 2 nitrogen and oxygen atoms in total. The molecule has 0 aromatic heterocycles.